The first-order chi connectivity index (χ1) is 13.7. The van der Waals surface area contributed by atoms with Gasteiger partial charge in [0, 0.05) is 24.8 Å². The van der Waals surface area contributed by atoms with Gasteiger partial charge in [-0.3, -0.25) is 9.36 Å². The Morgan fingerprint density at radius 1 is 0.857 bits per heavy atom. The lowest BCUT2D eigenvalue weighted by atomic mass is 10.00. The molecule has 0 saturated heterocycles. The first-order valence-electron chi connectivity index (χ1n) is 9.27. The molecule has 0 bridgehead atoms. The second-order valence-corrected chi connectivity index (χ2v) is 7.12. The molecule has 0 spiro atoms. The maximum atomic E-state index is 12.7. The van der Waals surface area contributed by atoms with Crippen LogP contribution in [0.3, 0.4) is 0 Å². The SMILES string of the molecule is Cn1cc2cccc(-c3ccc(Cn4cnc5ccccc5c4=O)cc3)c2c1. The zero-order valence-corrected chi connectivity index (χ0v) is 15.5. The van der Waals surface area contributed by atoms with Crippen molar-refractivity contribution in [1.82, 2.24) is 14.1 Å². The molecule has 0 amide bonds. The molecule has 5 rings (SSSR count). The van der Waals surface area contributed by atoms with Crippen molar-refractivity contribution in [1.29, 1.82) is 0 Å². The minimum Gasteiger partial charge on any atom is -0.356 e. The number of para-hydroxylation sites is 1. The Kier molecular flexibility index (Phi) is 3.83. The molecule has 0 unspecified atom stereocenters. The highest BCUT2D eigenvalue weighted by molar-refractivity contribution is 5.96. The molecule has 0 radical (unpaired) electrons. The van der Waals surface area contributed by atoms with Gasteiger partial charge in [-0.1, -0.05) is 54.6 Å². The van der Waals surface area contributed by atoms with Gasteiger partial charge in [-0.05, 0) is 34.2 Å². The fourth-order valence-corrected chi connectivity index (χ4v) is 3.76. The van der Waals surface area contributed by atoms with Crippen molar-refractivity contribution in [2.75, 3.05) is 0 Å². The lowest BCUT2D eigenvalue weighted by Crippen LogP contribution is -2.21. The summed E-state index contributed by atoms with van der Waals surface area (Å²) in [5, 5.41) is 3.13. The molecule has 5 aromatic rings. The lowest BCUT2D eigenvalue weighted by molar-refractivity contribution is 0.748. The summed E-state index contributed by atoms with van der Waals surface area (Å²) in [7, 11) is 2.04. The molecule has 0 saturated carbocycles. The van der Waals surface area contributed by atoms with E-state index in [1.165, 1.54) is 21.9 Å². The van der Waals surface area contributed by atoms with Crippen LogP contribution in [-0.2, 0) is 13.6 Å². The second-order valence-electron chi connectivity index (χ2n) is 7.12. The smallest absolute Gasteiger partial charge is 0.261 e. The summed E-state index contributed by atoms with van der Waals surface area (Å²) in [6, 6.07) is 22.2. The maximum absolute atomic E-state index is 12.7. The van der Waals surface area contributed by atoms with Gasteiger partial charge >= 0.3 is 0 Å². The van der Waals surface area contributed by atoms with Gasteiger partial charge in [0.05, 0.1) is 23.8 Å². The molecule has 2 heterocycles. The molecule has 0 fully saturated rings. The predicted octanol–water partition coefficient (Wildman–Crippen LogP) is 4.60. The Morgan fingerprint density at radius 2 is 1.68 bits per heavy atom. The number of nitrogens with zero attached hydrogens (tertiary/aromatic N) is 3. The van der Waals surface area contributed by atoms with Gasteiger partial charge in [0.15, 0.2) is 0 Å². The standard InChI is InChI=1S/C24H19N3O/c1-26-14-19-5-4-7-20(22(19)15-26)18-11-9-17(10-12-18)13-27-16-25-23-8-3-2-6-21(23)24(27)28/h2-12,14-16H,13H2,1H3. The van der Waals surface area contributed by atoms with Crippen molar-refractivity contribution < 1.29 is 0 Å². The van der Waals surface area contributed by atoms with E-state index in [2.05, 4.69) is 64.4 Å². The largest absolute Gasteiger partial charge is 0.356 e. The molecule has 4 nitrogen and oxygen atoms in total. The van der Waals surface area contributed by atoms with E-state index in [9.17, 15) is 4.79 Å². The fraction of sp³-hybridized carbons (Fsp3) is 0.0833. The van der Waals surface area contributed by atoms with Crippen LogP contribution in [0, 0.1) is 0 Å². The molecule has 0 aliphatic rings. The second kappa shape index (κ2) is 6.50. The molecule has 0 atom stereocenters. The first-order valence-corrected chi connectivity index (χ1v) is 9.27. The van der Waals surface area contributed by atoms with Gasteiger partial charge in [-0.15, -0.1) is 0 Å². The topological polar surface area (TPSA) is 39.8 Å². The molecule has 2 aromatic heterocycles. The Balaban J connectivity index is 1.49. The third kappa shape index (κ3) is 2.79. The number of hydrogen-bond acceptors (Lipinski definition) is 2. The maximum Gasteiger partial charge on any atom is 0.261 e. The summed E-state index contributed by atoms with van der Waals surface area (Å²) >= 11 is 0. The van der Waals surface area contributed by atoms with Gasteiger partial charge in [0.2, 0.25) is 0 Å². The number of aromatic nitrogens is 3. The van der Waals surface area contributed by atoms with Crippen molar-refractivity contribution in [3.8, 4) is 11.1 Å². The summed E-state index contributed by atoms with van der Waals surface area (Å²) in [5.41, 5.74) is 4.18. The van der Waals surface area contributed by atoms with E-state index in [-0.39, 0.29) is 5.56 Å². The van der Waals surface area contributed by atoms with Crippen molar-refractivity contribution >= 4 is 21.7 Å². The molecule has 3 aromatic carbocycles. The molecule has 0 aliphatic carbocycles. The summed E-state index contributed by atoms with van der Waals surface area (Å²) in [5.74, 6) is 0. The molecule has 0 aliphatic heterocycles. The summed E-state index contributed by atoms with van der Waals surface area (Å²) < 4.78 is 3.75. The van der Waals surface area contributed by atoms with Crippen molar-refractivity contribution in [3.05, 3.63) is 101 Å². The molecule has 28 heavy (non-hydrogen) atoms. The first kappa shape index (κ1) is 16.5. The molecule has 136 valence electrons. The number of rotatable bonds is 3. The van der Waals surface area contributed by atoms with Crippen molar-refractivity contribution in [2.24, 2.45) is 7.05 Å². The summed E-state index contributed by atoms with van der Waals surface area (Å²) in [6.45, 7) is 0.506. The van der Waals surface area contributed by atoms with Gasteiger partial charge in [0.1, 0.15) is 0 Å². The van der Waals surface area contributed by atoms with Crippen LogP contribution in [0.2, 0.25) is 0 Å². The quantitative estimate of drug-likeness (QED) is 0.469. The normalized spacial score (nSPS) is 11.3. The van der Waals surface area contributed by atoms with E-state index < -0.39 is 0 Å². The van der Waals surface area contributed by atoms with E-state index in [1.54, 1.807) is 10.9 Å². The minimum atomic E-state index is -0.0104. The van der Waals surface area contributed by atoms with Crippen LogP contribution in [0.4, 0.5) is 0 Å². The average molecular weight is 365 g/mol. The Hall–Kier alpha value is -3.66. The van der Waals surface area contributed by atoms with E-state index >= 15 is 0 Å². The Morgan fingerprint density at radius 3 is 2.54 bits per heavy atom. The van der Waals surface area contributed by atoms with Crippen LogP contribution >= 0.6 is 0 Å². The van der Waals surface area contributed by atoms with E-state index in [4.69, 9.17) is 0 Å². The average Bonchev–Trinajstić information content (AvgIpc) is 3.11. The van der Waals surface area contributed by atoms with Crippen LogP contribution in [0.15, 0.2) is 90.2 Å². The van der Waals surface area contributed by atoms with Crippen LogP contribution in [0.5, 0.6) is 0 Å². The zero-order valence-electron chi connectivity index (χ0n) is 15.5. The van der Waals surface area contributed by atoms with Gasteiger partial charge in [-0.2, -0.15) is 0 Å². The molecule has 0 N–H and O–H groups in total. The van der Waals surface area contributed by atoms with Crippen LogP contribution in [0.25, 0.3) is 32.8 Å². The van der Waals surface area contributed by atoms with Gasteiger partial charge in [-0.25, -0.2) is 4.98 Å². The summed E-state index contributed by atoms with van der Waals surface area (Å²) in [4.78, 5) is 17.1. The van der Waals surface area contributed by atoms with E-state index in [0.717, 1.165) is 11.1 Å². The highest BCUT2D eigenvalue weighted by atomic mass is 16.1. The minimum absolute atomic E-state index is 0.0104. The molecular weight excluding hydrogens is 346 g/mol. The highest BCUT2D eigenvalue weighted by Gasteiger charge is 2.07. The monoisotopic (exact) mass is 365 g/mol. The third-order valence-electron chi connectivity index (χ3n) is 5.16. The number of fused-ring (bicyclic) bond motifs is 2. The Labute approximate surface area is 162 Å². The van der Waals surface area contributed by atoms with E-state index in [1.807, 2.05) is 31.3 Å². The molecular formula is C24H19N3O. The number of benzene rings is 3. The third-order valence-corrected chi connectivity index (χ3v) is 5.16. The van der Waals surface area contributed by atoms with Crippen LogP contribution < -0.4 is 5.56 Å². The predicted molar refractivity (Wildman–Crippen MR) is 113 cm³/mol. The molecule has 4 heteroatoms. The van der Waals surface area contributed by atoms with Gasteiger partial charge < -0.3 is 4.57 Å². The highest BCUT2D eigenvalue weighted by Crippen LogP contribution is 2.29. The van der Waals surface area contributed by atoms with Crippen molar-refractivity contribution in [3.63, 3.8) is 0 Å². The number of hydrogen-bond donors (Lipinski definition) is 0. The van der Waals surface area contributed by atoms with Crippen LogP contribution in [0.1, 0.15) is 5.56 Å². The van der Waals surface area contributed by atoms with Crippen LogP contribution in [-0.4, -0.2) is 14.1 Å². The van der Waals surface area contributed by atoms with Gasteiger partial charge in [0.25, 0.3) is 5.56 Å². The van der Waals surface area contributed by atoms with Crippen molar-refractivity contribution in [2.45, 2.75) is 6.54 Å². The fourth-order valence-electron chi connectivity index (χ4n) is 3.76. The van der Waals surface area contributed by atoms with E-state index in [0.29, 0.717) is 11.9 Å². The number of aryl methyl sites for hydroxylation is 1. The zero-order chi connectivity index (χ0) is 19.1. The lowest BCUT2D eigenvalue weighted by Gasteiger charge is -2.09. The Bertz CT molecular complexity index is 1360. The summed E-state index contributed by atoms with van der Waals surface area (Å²) in [6.07, 6.45) is 5.91.